The van der Waals surface area contributed by atoms with Gasteiger partial charge in [0.05, 0.1) is 6.61 Å². The quantitative estimate of drug-likeness (QED) is 0.516. The number of aliphatic carboxylic acids is 1. The number of carbonyl (C=O) groups is 2. The summed E-state index contributed by atoms with van der Waals surface area (Å²) in [6.07, 6.45) is -1.83. The molecule has 3 rings (SSSR count). The van der Waals surface area contributed by atoms with Crippen molar-refractivity contribution in [1.82, 2.24) is 5.32 Å². The second-order valence-electron chi connectivity index (χ2n) is 6.83. The molecular formula is C21H21Cl2NO7. The van der Waals surface area contributed by atoms with Crippen molar-refractivity contribution >= 4 is 35.1 Å². The number of rotatable bonds is 9. The zero-order valence-corrected chi connectivity index (χ0v) is 17.8. The van der Waals surface area contributed by atoms with Crippen LogP contribution in [-0.2, 0) is 32.1 Å². The zero-order chi connectivity index (χ0) is 22.4. The van der Waals surface area contributed by atoms with Crippen molar-refractivity contribution in [3.05, 3.63) is 63.6 Å². The number of halogens is 2. The summed E-state index contributed by atoms with van der Waals surface area (Å²) in [5, 5.41) is 22.1. The molecule has 0 radical (unpaired) electrons. The highest BCUT2D eigenvalue weighted by atomic mass is 35.5. The molecule has 166 valence electrons. The first-order valence-electron chi connectivity index (χ1n) is 9.41. The van der Waals surface area contributed by atoms with Crippen LogP contribution >= 0.6 is 23.2 Å². The van der Waals surface area contributed by atoms with Crippen LogP contribution in [0.1, 0.15) is 11.1 Å². The molecule has 3 atom stereocenters. The Kier molecular flexibility index (Phi) is 8.11. The van der Waals surface area contributed by atoms with Crippen LogP contribution in [0.4, 0.5) is 0 Å². The fourth-order valence-electron chi connectivity index (χ4n) is 3.02. The second kappa shape index (κ2) is 10.8. The number of carboxylic acids is 1. The van der Waals surface area contributed by atoms with E-state index in [0.717, 1.165) is 0 Å². The van der Waals surface area contributed by atoms with Crippen LogP contribution in [0.5, 0.6) is 5.75 Å². The van der Waals surface area contributed by atoms with Gasteiger partial charge in [-0.3, -0.25) is 4.79 Å². The van der Waals surface area contributed by atoms with E-state index in [1.54, 1.807) is 42.5 Å². The normalized spacial score (nSPS) is 19.1. The fourth-order valence-corrected chi connectivity index (χ4v) is 3.53. The van der Waals surface area contributed by atoms with Gasteiger partial charge in [-0.25, -0.2) is 4.79 Å². The third-order valence-corrected chi connectivity index (χ3v) is 5.44. The molecule has 0 aromatic heterocycles. The summed E-state index contributed by atoms with van der Waals surface area (Å²) in [6.45, 7) is -0.361. The molecule has 2 aromatic rings. The van der Waals surface area contributed by atoms with Crippen molar-refractivity contribution in [3.8, 4) is 5.75 Å². The molecule has 1 aliphatic rings. The molecule has 31 heavy (non-hydrogen) atoms. The van der Waals surface area contributed by atoms with Crippen LogP contribution in [0.25, 0.3) is 0 Å². The van der Waals surface area contributed by atoms with Crippen LogP contribution in [0.15, 0.2) is 42.5 Å². The Labute approximate surface area is 188 Å². The molecule has 3 N–H and O–H groups in total. The Morgan fingerprint density at radius 3 is 2.42 bits per heavy atom. The molecule has 0 spiro atoms. The van der Waals surface area contributed by atoms with Gasteiger partial charge in [0.15, 0.2) is 6.10 Å². The Balaban J connectivity index is 1.59. The van der Waals surface area contributed by atoms with Crippen LogP contribution in [0.3, 0.4) is 0 Å². The van der Waals surface area contributed by atoms with Gasteiger partial charge in [-0.15, -0.1) is 0 Å². The number of amides is 1. The highest BCUT2D eigenvalue weighted by Crippen LogP contribution is 2.26. The monoisotopic (exact) mass is 469 g/mol. The van der Waals surface area contributed by atoms with Crippen LogP contribution < -0.4 is 10.1 Å². The third kappa shape index (κ3) is 6.09. The summed E-state index contributed by atoms with van der Waals surface area (Å²) in [6, 6.07) is 10.8. The average Bonchev–Trinajstić information content (AvgIpc) is 3.23. The minimum absolute atomic E-state index is 0.0507. The molecule has 0 aliphatic carbocycles. The molecule has 8 nitrogen and oxygen atoms in total. The maximum Gasteiger partial charge on any atom is 0.326 e. The van der Waals surface area contributed by atoms with Crippen LogP contribution in [-0.4, -0.2) is 53.7 Å². The number of ether oxygens (including phenoxy) is 3. The lowest BCUT2D eigenvalue weighted by molar-refractivity contribution is -0.143. The van der Waals surface area contributed by atoms with Crippen molar-refractivity contribution in [3.63, 3.8) is 0 Å². The molecule has 1 unspecified atom stereocenters. The maximum absolute atomic E-state index is 12.3. The molecule has 1 heterocycles. The van der Waals surface area contributed by atoms with E-state index in [4.69, 9.17) is 37.4 Å². The fraction of sp³-hybridized carbons (Fsp3) is 0.333. The Bertz CT molecular complexity index is 902. The lowest BCUT2D eigenvalue weighted by Crippen LogP contribution is -2.49. The minimum Gasteiger partial charge on any atom is -0.489 e. The number of aliphatic hydroxyl groups is 1. The van der Waals surface area contributed by atoms with Gasteiger partial charge in [0.1, 0.15) is 31.3 Å². The first-order chi connectivity index (χ1) is 14.9. The lowest BCUT2D eigenvalue weighted by Gasteiger charge is -2.19. The number of hydrogen-bond acceptors (Lipinski definition) is 6. The predicted octanol–water partition coefficient (Wildman–Crippen LogP) is 2.42. The number of nitrogens with one attached hydrogen (secondary N) is 1. The molecule has 2 aromatic carbocycles. The van der Waals surface area contributed by atoms with Gasteiger partial charge in [0, 0.05) is 22.0 Å². The van der Waals surface area contributed by atoms with Crippen molar-refractivity contribution < 1.29 is 34.0 Å². The Morgan fingerprint density at radius 1 is 1.13 bits per heavy atom. The lowest BCUT2D eigenvalue weighted by atomic mass is 10.0. The van der Waals surface area contributed by atoms with Gasteiger partial charge in [-0.2, -0.15) is 0 Å². The first kappa shape index (κ1) is 23.3. The molecular weight excluding hydrogens is 449 g/mol. The molecule has 1 saturated heterocycles. The molecule has 1 aliphatic heterocycles. The summed E-state index contributed by atoms with van der Waals surface area (Å²) < 4.78 is 15.9. The van der Waals surface area contributed by atoms with Gasteiger partial charge >= 0.3 is 5.97 Å². The zero-order valence-electron chi connectivity index (χ0n) is 16.3. The second-order valence-corrected chi connectivity index (χ2v) is 7.64. The van der Waals surface area contributed by atoms with Gasteiger partial charge in [-0.05, 0) is 29.8 Å². The van der Waals surface area contributed by atoms with E-state index >= 15 is 0 Å². The van der Waals surface area contributed by atoms with Gasteiger partial charge < -0.3 is 29.7 Å². The maximum atomic E-state index is 12.3. The SMILES string of the molecule is O=C(O)C(Cc1ccc(OCc2c(Cl)cccc2Cl)cc1)NC(=O)[C@@H]1OCO[C@H]1CO. The summed E-state index contributed by atoms with van der Waals surface area (Å²) in [5.41, 5.74) is 1.35. The number of carboxylic acid groups (broad SMARTS) is 1. The largest absolute Gasteiger partial charge is 0.489 e. The van der Waals surface area contributed by atoms with Crippen LogP contribution in [0.2, 0.25) is 10.0 Å². The molecule has 0 bridgehead atoms. The molecule has 10 heteroatoms. The summed E-state index contributed by atoms with van der Waals surface area (Å²) in [4.78, 5) is 23.9. The third-order valence-electron chi connectivity index (χ3n) is 4.73. The molecule has 1 fully saturated rings. The van der Waals surface area contributed by atoms with Crippen molar-refractivity contribution in [1.29, 1.82) is 0 Å². The topological polar surface area (TPSA) is 114 Å². The van der Waals surface area contributed by atoms with Crippen LogP contribution in [0, 0.1) is 0 Å². The van der Waals surface area contributed by atoms with E-state index in [2.05, 4.69) is 5.32 Å². The van der Waals surface area contributed by atoms with E-state index < -0.39 is 36.7 Å². The summed E-state index contributed by atoms with van der Waals surface area (Å²) >= 11 is 12.3. The average molecular weight is 470 g/mol. The number of benzene rings is 2. The summed E-state index contributed by atoms with van der Waals surface area (Å²) in [7, 11) is 0. The van der Waals surface area contributed by atoms with Gasteiger partial charge in [0.2, 0.25) is 0 Å². The number of aliphatic hydroxyl groups excluding tert-OH is 1. The standard InChI is InChI=1S/C21H21Cl2NO7/c22-15-2-1-3-16(23)14(15)10-29-13-6-4-12(5-7-13)8-17(21(27)28)24-20(26)19-18(9-25)30-11-31-19/h1-7,17-19,25H,8-11H2,(H,24,26)(H,27,28)/t17?,18-,19+/m0/s1. The highest BCUT2D eigenvalue weighted by molar-refractivity contribution is 6.35. The first-order valence-corrected chi connectivity index (χ1v) is 10.2. The molecule has 0 saturated carbocycles. The van der Waals surface area contributed by atoms with Crippen molar-refractivity contribution in [2.24, 2.45) is 0 Å². The van der Waals surface area contributed by atoms with Crippen molar-refractivity contribution in [2.45, 2.75) is 31.3 Å². The van der Waals surface area contributed by atoms with E-state index in [9.17, 15) is 19.8 Å². The minimum atomic E-state index is -1.19. The van der Waals surface area contributed by atoms with Crippen molar-refractivity contribution in [2.75, 3.05) is 13.4 Å². The van der Waals surface area contributed by atoms with E-state index in [1.807, 2.05) is 0 Å². The van der Waals surface area contributed by atoms with E-state index in [-0.39, 0.29) is 19.8 Å². The predicted molar refractivity (Wildman–Crippen MR) is 112 cm³/mol. The Morgan fingerprint density at radius 2 is 1.81 bits per heavy atom. The number of hydrogen-bond donors (Lipinski definition) is 3. The smallest absolute Gasteiger partial charge is 0.326 e. The Hall–Kier alpha value is -2.36. The molecule has 1 amide bonds. The van der Waals surface area contributed by atoms with E-state index in [1.165, 1.54) is 0 Å². The highest BCUT2D eigenvalue weighted by Gasteiger charge is 2.36. The number of carbonyl (C=O) groups excluding carboxylic acids is 1. The summed E-state index contributed by atoms with van der Waals surface area (Å²) in [5.74, 6) is -1.29. The van der Waals surface area contributed by atoms with Gasteiger partial charge in [0.25, 0.3) is 5.91 Å². The van der Waals surface area contributed by atoms with Gasteiger partial charge in [-0.1, -0.05) is 41.4 Å². The van der Waals surface area contributed by atoms with E-state index in [0.29, 0.717) is 26.9 Å².